The van der Waals surface area contributed by atoms with E-state index in [1.54, 1.807) is 0 Å². The monoisotopic (exact) mass is 357 g/mol. The van der Waals surface area contributed by atoms with Crippen LogP contribution in [0.3, 0.4) is 0 Å². The molecule has 0 atom stereocenters. The maximum atomic E-state index is 3.60. The van der Waals surface area contributed by atoms with E-state index in [1.807, 2.05) is 0 Å². The van der Waals surface area contributed by atoms with Crippen LogP contribution in [0.1, 0.15) is 76.5 Å². The molecular weight excluding hydrogens is 327 g/mol. The minimum atomic E-state index is 0. The molecule has 98 valence electrons. The van der Waals surface area contributed by atoms with E-state index in [0.29, 0.717) is 0 Å². The molecule has 1 heterocycles. The second-order valence-corrected chi connectivity index (χ2v) is 5.00. The Morgan fingerprint density at radius 1 is 0.833 bits per heavy atom. The number of aromatic nitrogens is 2. The Morgan fingerprint density at radius 2 is 1.39 bits per heavy atom. The van der Waals surface area contributed by atoms with Crippen molar-refractivity contribution in [2.75, 3.05) is 0 Å². The number of nitrogens with one attached hydrogen (secondary N) is 2. The first-order valence-corrected chi connectivity index (χ1v) is 7.43. The fourth-order valence-electron chi connectivity index (χ4n) is 2.16. The molecular formula is C15H29N2Sn+5. The zero-order chi connectivity index (χ0) is 12.5. The summed E-state index contributed by atoms with van der Waals surface area (Å²) in [4.78, 5) is 7.21. The van der Waals surface area contributed by atoms with Crippen LogP contribution in [0.15, 0.2) is 0 Å². The van der Waals surface area contributed by atoms with Crippen molar-refractivity contribution < 1.29 is 4.98 Å². The first-order valence-electron chi connectivity index (χ1n) is 7.43. The fraction of sp³-hybridized carbons (Fsp3) is 0.800. The SMILES string of the molecule is CCCCc1[nH]c(CCCC)c(CCCC)[nH+]1.[Sn+4]. The molecule has 1 aromatic rings. The Balaban J connectivity index is 0.00000289. The van der Waals surface area contributed by atoms with Gasteiger partial charge in [0.2, 0.25) is 0 Å². The number of unbranched alkanes of at least 4 members (excludes halogenated alkanes) is 3. The fourth-order valence-corrected chi connectivity index (χ4v) is 2.16. The Bertz CT molecular complexity index is 282. The van der Waals surface area contributed by atoms with Crippen LogP contribution in [0.25, 0.3) is 0 Å². The van der Waals surface area contributed by atoms with Crippen molar-refractivity contribution in [1.82, 2.24) is 4.98 Å². The minimum absolute atomic E-state index is 0. The first kappa shape index (κ1) is 18.0. The van der Waals surface area contributed by atoms with Crippen LogP contribution in [0, 0.1) is 0 Å². The number of H-pyrrole nitrogens is 2. The van der Waals surface area contributed by atoms with Gasteiger partial charge in [-0.1, -0.05) is 40.0 Å². The van der Waals surface area contributed by atoms with Gasteiger partial charge in [-0.2, -0.15) is 0 Å². The van der Waals surface area contributed by atoms with Crippen LogP contribution in [-0.2, 0) is 19.3 Å². The van der Waals surface area contributed by atoms with E-state index in [-0.39, 0.29) is 23.9 Å². The standard InChI is InChI=1S/C15H28N2.Sn/c1-4-7-10-13-14(11-8-5-2)17-15(16-13)12-9-6-3;/h4-12H2,1-3H3,(H,16,17);/q;+4/p+1. The average Bonchev–Trinajstić information content (AvgIpc) is 2.73. The van der Waals surface area contributed by atoms with E-state index in [2.05, 4.69) is 30.7 Å². The third-order valence-corrected chi connectivity index (χ3v) is 3.31. The number of rotatable bonds is 9. The molecule has 3 heteroatoms. The zero-order valence-electron chi connectivity index (χ0n) is 12.4. The quantitative estimate of drug-likeness (QED) is 0.657. The summed E-state index contributed by atoms with van der Waals surface area (Å²) in [6, 6.07) is 0. The van der Waals surface area contributed by atoms with E-state index in [1.165, 1.54) is 75.0 Å². The van der Waals surface area contributed by atoms with Crippen LogP contribution in [0.4, 0.5) is 0 Å². The largest absolute Gasteiger partial charge is 4.00 e. The van der Waals surface area contributed by atoms with E-state index in [9.17, 15) is 0 Å². The maximum Gasteiger partial charge on any atom is 4.00 e. The van der Waals surface area contributed by atoms with Crippen molar-refractivity contribution in [3.05, 3.63) is 17.2 Å². The summed E-state index contributed by atoms with van der Waals surface area (Å²) in [5.74, 6) is 1.34. The summed E-state index contributed by atoms with van der Waals surface area (Å²) in [5.41, 5.74) is 2.93. The molecule has 2 N–H and O–H groups in total. The van der Waals surface area contributed by atoms with Crippen LogP contribution >= 0.6 is 0 Å². The summed E-state index contributed by atoms with van der Waals surface area (Å²) in [5, 5.41) is 0. The van der Waals surface area contributed by atoms with E-state index < -0.39 is 0 Å². The molecule has 0 unspecified atom stereocenters. The topological polar surface area (TPSA) is 29.9 Å². The summed E-state index contributed by atoms with van der Waals surface area (Å²) in [6.45, 7) is 6.77. The number of aryl methyl sites for hydroxylation is 3. The van der Waals surface area contributed by atoms with Gasteiger partial charge in [-0.3, -0.25) is 0 Å². The van der Waals surface area contributed by atoms with Gasteiger partial charge in [0.05, 0.1) is 0 Å². The molecule has 0 spiro atoms. The first-order chi connectivity index (χ1) is 8.31. The van der Waals surface area contributed by atoms with Gasteiger partial charge in [-0.25, -0.2) is 9.97 Å². The Kier molecular flexibility index (Phi) is 10.9. The van der Waals surface area contributed by atoms with Crippen molar-refractivity contribution in [2.45, 2.75) is 78.6 Å². The van der Waals surface area contributed by atoms with Gasteiger partial charge < -0.3 is 0 Å². The van der Waals surface area contributed by atoms with E-state index in [4.69, 9.17) is 0 Å². The van der Waals surface area contributed by atoms with Crippen molar-refractivity contribution in [2.24, 2.45) is 0 Å². The van der Waals surface area contributed by atoms with Gasteiger partial charge in [0, 0.05) is 19.3 Å². The van der Waals surface area contributed by atoms with Crippen LogP contribution in [0.2, 0.25) is 0 Å². The third-order valence-electron chi connectivity index (χ3n) is 3.31. The predicted molar refractivity (Wildman–Crippen MR) is 78.9 cm³/mol. The molecule has 2 nitrogen and oxygen atoms in total. The molecule has 0 aliphatic rings. The molecule has 0 saturated carbocycles. The number of hydrogen-bond acceptors (Lipinski definition) is 0. The van der Waals surface area contributed by atoms with Crippen LogP contribution in [0.5, 0.6) is 0 Å². The van der Waals surface area contributed by atoms with Gasteiger partial charge in [0.25, 0.3) is 5.82 Å². The van der Waals surface area contributed by atoms with Crippen LogP contribution < -0.4 is 4.98 Å². The van der Waals surface area contributed by atoms with Gasteiger partial charge in [0.1, 0.15) is 11.4 Å². The molecule has 0 amide bonds. The van der Waals surface area contributed by atoms with Crippen molar-refractivity contribution in [3.8, 4) is 0 Å². The summed E-state index contributed by atoms with van der Waals surface area (Å²) < 4.78 is 0. The number of imidazole rings is 1. The second kappa shape index (κ2) is 10.9. The van der Waals surface area contributed by atoms with Gasteiger partial charge >= 0.3 is 23.9 Å². The Labute approximate surface area is 129 Å². The molecule has 0 saturated heterocycles. The summed E-state index contributed by atoms with van der Waals surface area (Å²) >= 11 is 0. The number of hydrogen-bond donors (Lipinski definition) is 1. The minimum Gasteiger partial charge on any atom is -0.245 e. The molecule has 1 rings (SSSR count). The molecule has 0 fully saturated rings. The molecule has 18 heavy (non-hydrogen) atoms. The second-order valence-electron chi connectivity index (χ2n) is 5.00. The Morgan fingerprint density at radius 3 is 2.00 bits per heavy atom. The maximum absolute atomic E-state index is 3.60. The van der Waals surface area contributed by atoms with Crippen molar-refractivity contribution in [3.63, 3.8) is 0 Å². The molecule has 0 bridgehead atoms. The van der Waals surface area contributed by atoms with Crippen molar-refractivity contribution >= 4 is 23.9 Å². The van der Waals surface area contributed by atoms with E-state index >= 15 is 0 Å². The average molecular weight is 356 g/mol. The summed E-state index contributed by atoms with van der Waals surface area (Å²) in [6.07, 6.45) is 11.3. The van der Waals surface area contributed by atoms with Crippen LogP contribution in [-0.4, -0.2) is 28.9 Å². The van der Waals surface area contributed by atoms with Crippen molar-refractivity contribution in [1.29, 1.82) is 0 Å². The normalized spacial score (nSPS) is 10.4. The molecule has 0 aliphatic carbocycles. The van der Waals surface area contributed by atoms with Gasteiger partial charge in [-0.15, -0.1) is 0 Å². The Hall–Kier alpha value is 0.00870. The van der Waals surface area contributed by atoms with E-state index in [0.717, 1.165) is 0 Å². The smallest absolute Gasteiger partial charge is 0.245 e. The van der Waals surface area contributed by atoms with Gasteiger partial charge in [-0.05, 0) is 19.3 Å². The predicted octanol–water partition coefficient (Wildman–Crippen LogP) is 3.48. The molecule has 0 aromatic carbocycles. The van der Waals surface area contributed by atoms with Gasteiger partial charge in [0.15, 0.2) is 0 Å². The molecule has 1 aromatic heterocycles. The third kappa shape index (κ3) is 6.26. The molecule has 0 aliphatic heterocycles. The molecule has 0 radical (unpaired) electrons. The number of aromatic amines is 2. The zero-order valence-corrected chi connectivity index (χ0v) is 15.2. The summed E-state index contributed by atoms with van der Waals surface area (Å²) in [7, 11) is 0.